The number of benzene rings is 1. The summed E-state index contributed by atoms with van der Waals surface area (Å²) in [7, 11) is -3.85. The van der Waals surface area contributed by atoms with Crippen molar-refractivity contribution < 1.29 is 22.4 Å². The Hall–Kier alpha value is -2.72. The van der Waals surface area contributed by atoms with Crippen LogP contribution in [0.3, 0.4) is 0 Å². The number of hydrogen-bond acceptors (Lipinski definition) is 7. The third-order valence-corrected chi connectivity index (χ3v) is 6.96. The van der Waals surface area contributed by atoms with Gasteiger partial charge >= 0.3 is 0 Å². The second-order valence-electron chi connectivity index (χ2n) is 6.45. The fourth-order valence-corrected chi connectivity index (χ4v) is 4.83. The van der Waals surface area contributed by atoms with E-state index in [-0.39, 0.29) is 11.4 Å². The minimum Gasteiger partial charge on any atom is -0.472 e. The molecule has 0 fully saturated rings. The molecule has 1 atom stereocenters. The number of hydrogen-bond donors (Lipinski definition) is 2. The standard InChI is InChI=1S/C20H18N2O5S2/c1-14-22-18(12-27-14)15-4-6-17(7-5-15)29(24,25)21-13-20(23,16-8-9-26-11-16)19-3-2-10-28-19/h2-12,21,23H,13H2,1H3. The maximum absolute atomic E-state index is 12.8. The first-order valence-electron chi connectivity index (χ1n) is 8.70. The van der Waals surface area contributed by atoms with E-state index in [1.807, 2.05) is 5.38 Å². The van der Waals surface area contributed by atoms with Crippen molar-refractivity contribution >= 4 is 21.4 Å². The SMILES string of the molecule is Cc1nc(-c2ccc(S(=O)(=O)NCC(O)(c3ccoc3)c3cccs3)cc2)co1. The molecule has 2 N–H and O–H groups in total. The molecule has 1 aromatic carbocycles. The number of nitrogens with zero attached hydrogens (tertiary/aromatic N) is 1. The van der Waals surface area contributed by atoms with Gasteiger partial charge < -0.3 is 13.9 Å². The topological polar surface area (TPSA) is 106 Å². The monoisotopic (exact) mass is 430 g/mol. The van der Waals surface area contributed by atoms with Crippen LogP contribution < -0.4 is 4.72 Å². The lowest BCUT2D eigenvalue weighted by Crippen LogP contribution is -2.40. The van der Waals surface area contributed by atoms with E-state index < -0.39 is 15.6 Å². The quantitative estimate of drug-likeness (QED) is 0.465. The average molecular weight is 431 g/mol. The fourth-order valence-electron chi connectivity index (χ4n) is 2.93. The first kappa shape index (κ1) is 19.6. The third kappa shape index (κ3) is 3.90. The molecule has 0 aliphatic carbocycles. The van der Waals surface area contributed by atoms with Crippen molar-refractivity contribution in [3.05, 3.63) is 83.0 Å². The van der Waals surface area contributed by atoms with E-state index in [0.29, 0.717) is 22.0 Å². The van der Waals surface area contributed by atoms with Gasteiger partial charge in [-0.2, -0.15) is 0 Å². The highest BCUT2D eigenvalue weighted by molar-refractivity contribution is 7.89. The Morgan fingerprint density at radius 1 is 1.17 bits per heavy atom. The van der Waals surface area contributed by atoms with Crippen LogP contribution in [0, 0.1) is 6.92 Å². The zero-order valence-electron chi connectivity index (χ0n) is 15.4. The van der Waals surface area contributed by atoms with Crippen molar-refractivity contribution in [3.8, 4) is 11.3 Å². The van der Waals surface area contributed by atoms with Crippen LogP contribution in [-0.2, 0) is 15.6 Å². The zero-order valence-corrected chi connectivity index (χ0v) is 17.0. The zero-order chi connectivity index (χ0) is 20.5. The van der Waals surface area contributed by atoms with Crippen molar-refractivity contribution in [3.63, 3.8) is 0 Å². The summed E-state index contributed by atoms with van der Waals surface area (Å²) in [5.74, 6) is 0.533. The predicted molar refractivity (Wildman–Crippen MR) is 108 cm³/mol. The molecule has 29 heavy (non-hydrogen) atoms. The van der Waals surface area contributed by atoms with Crippen LogP contribution in [0.15, 0.2) is 80.4 Å². The number of aryl methyl sites for hydroxylation is 1. The molecule has 0 aliphatic heterocycles. The molecular formula is C20H18N2O5S2. The van der Waals surface area contributed by atoms with E-state index in [4.69, 9.17) is 8.83 Å². The van der Waals surface area contributed by atoms with E-state index >= 15 is 0 Å². The number of furan rings is 1. The molecule has 3 aromatic heterocycles. The van der Waals surface area contributed by atoms with Crippen LogP contribution in [-0.4, -0.2) is 25.1 Å². The molecule has 0 spiro atoms. The molecule has 4 aromatic rings. The summed E-state index contributed by atoms with van der Waals surface area (Å²) in [4.78, 5) is 4.92. The normalized spacial score (nSPS) is 14.0. The first-order chi connectivity index (χ1) is 13.9. The van der Waals surface area contributed by atoms with Crippen LogP contribution >= 0.6 is 11.3 Å². The fraction of sp³-hybridized carbons (Fsp3) is 0.150. The number of thiophene rings is 1. The molecule has 9 heteroatoms. The lowest BCUT2D eigenvalue weighted by atomic mass is 9.95. The van der Waals surface area contributed by atoms with E-state index in [1.165, 1.54) is 42.3 Å². The molecule has 7 nitrogen and oxygen atoms in total. The van der Waals surface area contributed by atoms with Crippen molar-refractivity contribution in [2.45, 2.75) is 17.4 Å². The van der Waals surface area contributed by atoms with Crippen molar-refractivity contribution in [1.82, 2.24) is 9.71 Å². The van der Waals surface area contributed by atoms with Crippen LogP contribution in [0.1, 0.15) is 16.3 Å². The van der Waals surface area contributed by atoms with Crippen LogP contribution in [0.4, 0.5) is 0 Å². The summed E-state index contributed by atoms with van der Waals surface area (Å²) in [6, 6.07) is 11.5. The minimum absolute atomic E-state index is 0.0854. The van der Waals surface area contributed by atoms with Gasteiger partial charge in [-0.3, -0.25) is 0 Å². The van der Waals surface area contributed by atoms with Gasteiger partial charge in [-0.1, -0.05) is 18.2 Å². The van der Waals surface area contributed by atoms with Gasteiger partial charge in [0.2, 0.25) is 10.0 Å². The van der Waals surface area contributed by atoms with Crippen molar-refractivity contribution in [2.24, 2.45) is 0 Å². The first-order valence-corrected chi connectivity index (χ1v) is 11.1. The molecule has 4 rings (SSSR count). The molecule has 0 radical (unpaired) electrons. The molecular weight excluding hydrogens is 412 g/mol. The highest BCUT2D eigenvalue weighted by Crippen LogP contribution is 2.33. The average Bonchev–Trinajstić information content (AvgIpc) is 3.49. The molecule has 0 amide bonds. The summed E-state index contributed by atoms with van der Waals surface area (Å²) in [5.41, 5.74) is 0.312. The van der Waals surface area contributed by atoms with Gasteiger partial charge in [-0.05, 0) is 29.6 Å². The van der Waals surface area contributed by atoms with Crippen LogP contribution in [0.25, 0.3) is 11.3 Å². The summed E-state index contributed by atoms with van der Waals surface area (Å²) in [6.07, 6.45) is 4.36. The number of sulfonamides is 1. The summed E-state index contributed by atoms with van der Waals surface area (Å²) >= 11 is 1.33. The van der Waals surface area contributed by atoms with Gasteiger partial charge in [0.05, 0.1) is 17.4 Å². The van der Waals surface area contributed by atoms with Gasteiger partial charge in [-0.15, -0.1) is 11.3 Å². The number of nitrogens with one attached hydrogen (secondary N) is 1. The summed E-state index contributed by atoms with van der Waals surface area (Å²) in [6.45, 7) is 1.50. The second kappa shape index (κ2) is 7.60. The van der Waals surface area contributed by atoms with Gasteiger partial charge in [-0.25, -0.2) is 18.1 Å². The van der Waals surface area contributed by atoms with E-state index in [9.17, 15) is 13.5 Å². The summed E-state index contributed by atoms with van der Waals surface area (Å²) < 4.78 is 38.4. The van der Waals surface area contributed by atoms with Gasteiger partial charge in [0.25, 0.3) is 0 Å². The highest BCUT2D eigenvalue weighted by atomic mass is 32.2. The summed E-state index contributed by atoms with van der Waals surface area (Å²) in [5, 5.41) is 13.1. The minimum atomic E-state index is -3.85. The van der Waals surface area contributed by atoms with Crippen LogP contribution in [0.2, 0.25) is 0 Å². The van der Waals surface area contributed by atoms with E-state index in [0.717, 1.165) is 5.56 Å². The molecule has 1 unspecified atom stereocenters. The van der Waals surface area contributed by atoms with Crippen LogP contribution in [0.5, 0.6) is 0 Å². The van der Waals surface area contributed by atoms with Crippen molar-refractivity contribution in [1.29, 1.82) is 0 Å². The van der Waals surface area contributed by atoms with E-state index in [1.54, 1.807) is 37.3 Å². The van der Waals surface area contributed by atoms with Gasteiger partial charge in [0, 0.05) is 29.5 Å². The number of aromatic nitrogens is 1. The number of oxazole rings is 1. The molecule has 3 heterocycles. The highest BCUT2D eigenvalue weighted by Gasteiger charge is 2.35. The Labute approximate surface area is 171 Å². The molecule has 0 aliphatic rings. The number of aliphatic hydroxyl groups is 1. The molecule has 150 valence electrons. The Bertz CT molecular complexity index is 1140. The largest absolute Gasteiger partial charge is 0.472 e. The molecule has 0 bridgehead atoms. The van der Waals surface area contributed by atoms with Gasteiger partial charge in [0.1, 0.15) is 17.6 Å². The number of rotatable bonds is 7. The lowest BCUT2D eigenvalue weighted by molar-refractivity contribution is 0.0892. The van der Waals surface area contributed by atoms with Crippen molar-refractivity contribution in [2.75, 3.05) is 6.54 Å². The Balaban J connectivity index is 1.56. The smallest absolute Gasteiger partial charge is 0.240 e. The molecule has 0 saturated heterocycles. The molecule has 0 saturated carbocycles. The Kier molecular flexibility index (Phi) is 5.13. The Morgan fingerprint density at radius 2 is 1.97 bits per heavy atom. The Morgan fingerprint density at radius 3 is 2.55 bits per heavy atom. The maximum atomic E-state index is 12.8. The van der Waals surface area contributed by atoms with Gasteiger partial charge in [0.15, 0.2) is 5.89 Å². The van der Waals surface area contributed by atoms with E-state index in [2.05, 4.69) is 9.71 Å². The predicted octanol–water partition coefficient (Wildman–Crippen LogP) is 3.52. The third-order valence-electron chi connectivity index (χ3n) is 4.52. The second-order valence-corrected chi connectivity index (χ2v) is 9.16. The maximum Gasteiger partial charge on any atom is 0.240 e. The lowest BCUT2D eigenvalue weighted by Gasteiger charge is -2.26.